The zero-order valence-electron chi connectivity index (χ0n) is 20.1. The molecule has 5 N–H and O–H groups in total. The van der Waals surface area contributed by atoms with Crippen molar-refractivity contribution >= 4 is 45.4 Å². The van der Waals surface area contributed by atoms with Crippen LogP contribution < -0.4 is 15.8 Å². The summed E-state index contributed by atoms with van der Waals surface area (Å²) in [6, 6.07) is 12.5. The van der Waals surface area contributed by atoms with E-state index in [4.69, 9.17) is 22.1 Å². The number of nitriles is 1. The standard InChI is InChI=1S/C26H20F2N6O3S2/c1-31-23-21(14-5-7-17(8-6-14)37-11-16(36)10-35)18(9-29)25(34-24(23)30)38-12-15-13-39-26(32-15)33-20-4-2-3-19(27)22(20)28/h2-8,13,16,35-36H,10-12H2,(H2,30,34)(H,32,33)/t16-/m1/s1. The minimum atomic E-state index is -1.02. The Morgan fingerprint density at radius 1 is 1.23 bits per heavy atom. The van der Waals surface area contributed by atoms with Crippen LogP contribution >= 0.6 is 23.1 Å². The van der Waals surface area contributed by atoms with Gasteiger partial charge in [0.2, 0.25) is 5.69 Å². The SMILES string of the molecule is [C-]#[N+]c1c(N)nc(SCc2csc(Nc3cccc(F)c3F)n2)c(C#N)c1-c1ccc(OC[C@H](O)CO)cc1. The molecular weight excluding hydrogens is 546 g/mol. The van der Waals surface area contributed by atoms with E-state index >= 15 is 0 Å². The number of pyridine rings is 1. The average molecular weight is 567 g/mol. The van der Waals surface area contributed by atoms with Crippen LogP contribution in [-0.2, 0) is 5.75 Å². The van der Waals surface area contributed by atoms with Gasteiger partial charge in [0.25, 0.3) is 0 Å². The van der Waals surface area contributed by atoms with Crippen molar-refractivity contribution in [2.24, 2.45) is 0 Å². The smallest absolute Gasteiger partial charge is 0.236 e. The highest BCUT2D eigenvalue weighted by molar-refractivity contribution is 7.98. The van der Waals surface area contributed by atoms with Crippen LogP contribution in [0.1, 0.15) is 11.3 Å². The van der Waals surface area contributed by atoms with Crippen molar-refractivity contribution in [2.45, 2.75) is 16.9 Å². The third-order valence-electron chi connectivity index (χ3n) is 5.29. The van der Waals surface area contributed by atoms with E-state index in [1.165, 1.54) is 35.2 Å². The molecule has 0 aliphatic carbocycles. The number of nitrogen functional groups attached to an aromatic ring is 1. The van der Waals surface area contributed by atoms with E-state index in [9.17, 15) is 19.1 Å². The number of aliphatic hydroxyl groups excluding tert-OH is 2. The summed E-state index contributed by atoms with van der Waals surface area (Å²) < 4.78 is 32.9. The van der Waals surface area contributed by atoms with Gasteiger partial charge in [0.05, 0.1) is 30.1 Å². The van der Waals surface area contributed by atoms with Crippen LogP contribution in [0.3, 0.4) is 0 Å². The maximum Gasteiger partial charge on any atom is 0.236 e. The molecule has 2 aromatic heterocycles. The minimum Gasteiger partial charge on any atom is -0.491 e. The molecule has 0 bridgehead atoms. The Bertz CT molecular complexity index is 1570. The fourth-order valence-electron chi connectivity index (χ4n) is 3.43. The summed E-state index contributed by atoms with van der Waals surface area (Å²) in [5.74, 6) is -1.29. The Kier molecular flexibility index (Phi) is 8.91. The van der Waals surface area contributed by atoms with Gasteiger partial charge in [0.15, 0.2) is 16.8 Å². The summed E-state index contributed by atoms with van der Waals surface area (Å²) in [5.41, 5.74) is 7.74. The Labute approximate surface area is 230 Å². The maximum absolute atomic E-state index is 14.0. The molecule has 0 amide bonds. The van der Waals surface area contributed by atoms with Crippen LogP contribution in [-0.4, -0.2) is 39.5 Å². The number of nitrogens with two attached hydrogens (primary N) is 1. The van der Waals surface area contributed by atoms with Gasteiger partial charge < -0.3 is 26.0 Å². The molecule has 0 spiro atoms. The van der Waals surface area contributed by atoms with Gasteiger partial charge in [-0.3, -0.25) is 0 Å². The highest BCUT2D eigenvalue weighted by Gasteiger charge is 2.21. The number of aliphatic hydroxyl groups is 2. The number of hydrogen-bond donors (Lipinski definition) is 4. The van der Waals surface area contributed by atoms with E-state index in [2.05, 4.69) is 26.2 Å². The summed E-state index contributed by atoms with van der Waals surface area (Å²) in [5, 5.41) is 33.6. The molecule has 0 aliphatic rings. The van der Waals surface area contributed by atoms with Gasteiger partial charge in [-0.2, -0.15) is 5.26 Å². The molecule has 9 nitrogen and oxygen atoms in total. The highest BCUT2D eigenvalue weighted by atomic mass is 32.2. The van der Waals surface area contributed by atoms with Gasteiger partial charge in [0.1, 0.15) is 35.4 Å². The zero-order chi connectivity index (χ0) is 27.9. The largest absolute Gasteiger partial charge is 0.491 e. The first-order valence-corrected chi connectivity index (χ1v) is 13.1. The third-order valence-corrected chi connectivity index (χ3v) is 7.10. The summed E-state index contributed by atoms with van der Waals surface area (Å²) in [6.07, 6.45) is -1.02. The van der Waals surface area contributed by atoms with Gasteiger partial charge in [-0.1, -0.05) is 30.0 Å². The van der Waals surface area contributed by atoms with Crippen LogP contribution in [0.5, 0.6) is 5.75 Å². The Morgan fingerprint density at radius 3 is 2.69 bits per heavy atom. The summed E-state index contributed by atoms with van der Waals surface area (Å²) in [6.45, 7) is 7.07. The first-order valence-electron chi connectivity index (χ1n) is 11.3. The normalized spacial score (nSPS) is 11.4. The van der Waals surface area contributed by atoms with Crippen LogP contribution in [0.2, 0.25) is 0 Å². The van der Waals surface area contributed by atoms with Gasteiger partial charge in [-0.15, -0.1) is 11.3 Å². The number of ether oxygens (including phenoxy) is 1. The molecule has 198 valence electrons. The van der Waals surface area contributed by atoms with Crippen molar-refractivity contribution in [2.75, 3.05) is 24.3 Å². The lowest BCUT2D eigenvalue weighted by Crippen LogP contribution is -2.21. The average Bonchev–Trinajstić information content (AvgIpc) is 3.40. The first kappa shape index (κ1) is 27.8. The lowest BCUT2D eigenvalue weighted by molar-refractivity contribution is 0.0536. The maximum atomic E-state index is 14.0. The third kappa shape index (κ3) is 6.42. The van der Waals surface area contributed by atoms with Crippen molar-refractivity contribution in [3.8, 4) is 22.9 Å². The number of thioether (sulfide) groups is 1. The molecule has 4 aromatic rings. The predicted octanol–water partition coefficient (Wildman–Crippen LogP) is 5.26. The lowest BCUT2D eigenvalue weighted by atomic mass is 10.00. The van der Waals surface area contributed by atoms with Crippen LogP contribution in [0.15, 0.2) is 52.9 Å². The number of nitrogens with zero attached hydrogens (tertiary/aromatic N) is 4. The van der Waals surface area contributed by atoms with E-state index in [0.717, 1.165) is 6.07 Å². The molecule has 1 atom stereocenters. The van der Waals surface area contributed by atoms with E-state index < -0.39 is 24.3 Å². The number of halogens is 2. The summed E-state index contributed by atoms with van der Waals surface area (Å²) in [7, 11) is 0. The van der Waals surface area contributed by atoms with Crippen LogP contribution in [0, 0.1) is 29.5 Å². The molecule has 4 rings (SSSR count). The molecule has 39 heavy (non-hydrogen) atoms. The zero-order valence-corrected chi connectivity index (χ0v) is 21.7. The van der Waals surface area contributed by atoms with Crippen LogP contribution in [0.25, 0.3) is 16.0 Å². The number of rotatable bonds is 10. The second-order valence-electron chi connectivity index (χ2n) is 7.96. The molecule has 2 heterocycles. The van der Waals surface area contributed by atoms with Crippen molar-refractivity contribution in [1.29, 1.82) is 5.26 Å². The first-order chi connectivity index (χ1) is 18.8. The monoisotopic (exact) mass is 566 g/mol. The Morgan fingerprint density at radius 2 is 2.00 bits per heavy atom. The molecule has 0 saturated heterocycles. The summed E-state index contributed by atoms with van der Waals surface area (Å²) in [4.78, 5) is 12.2. The van der Waals surface area contributed by atoms with E-state index in [1.54, 1.807) is 29.6 Å². The fourth-order valence-corrected chi connectivity index (χ4v) is 5.14. The lowest BCUT2D eigenvalue weighted by Gasteiger charge is -2.14. The quantitative estimate of drug-likeness (QED) is 0.149. The summed E-state index contributed by atoms with van der Waals surface area (Å²) >= 11 is 2.40. The van der Waals surface area contributed by atoms with Crippen molar-refractivity contribution < 1.29 is 23.7 Å². The van der Waals surface area contributed by atoms with Gasteiger partial charge in [-0.25, -0.2) is 23.6 Å². The van der Waals surface area contributed by atoms with E-state index in [-0.39, 0.29) is 29.4 Å². The van der Waals surface area contributed by atoms with Gasteiger partial charge >= 0.3 is 0 Å². The number of anilines is 3. The highest BCUT2D eigenvalue weighted by Crippen LogP contribution is 2.42. The Hall–Kier alpha value is -4.27. The van der Waals surface area contributed by atoms with Gasteiger partial charge in [0, 0.05) is 16.7 Å². The molecule has 0 fully saturated rings. The van der Waals surface area contributed by atoms with Crippen molar-refractivity contribution in [3.05, 3.63) is 82.2 Å². The number of hydrogen-bond acceptors (Lipinski definition) is 10. The molecule has 13 heteroatoms. The van der Waals surface area contributed by atoms with E-state index in [0.29, 0.717) is 38.5 Å². The van der Waals surface area contributed by atoms with Crippen molar-refractivity contribution in [3.63, 3.8) is 0 Å². The topological polar surface area (TPSA) is 142 Å². The molecular formula is C26H20F2N6O3S2. The second kappa shape index (κ2) is 12.5. The van der Waals surface area contributed by atoms with Crippen LogP contribution in [0.4, 0.5) is 31.1 Å². The predicted molar refractivity (Wildman–Crippen MR) is 145 cm³/mol. The molecule has 0 aliphatic heterocycles. The minimum absolute atomic E-state index is 0.0323. The number of aromatic nitrogens is 2. The van der Waals surface area contributed by atoms with Gasteiger partial charge in [-0.05, 0) is 29.8 Å². The van der Waals surface area contributed by atoms with Crippen molar-refractivity contribution in [1.82, 2.24) is 9.97 Å². The molecule has 0 radical (unpaired) electrons. The Balaban J connectivity index is 1.56. The van der Waals surface area contributed by atoms with E-state index in [1.807, 2.05) is 0 Å². The number of benzene rings is 2. The molecule has 2 aromatic carbocycles. The fraction of sp³-hybridized carbons (Fsp3) is 0.154. The molecule has 0 saturated carbocycles. The second-order valence-corrected chi connectivity index (χ2v) is 9.78. The number of thiazole rings is 1. The number of nitrogens with one attached hydrogen (secondary N) is 1. The molecule has 0 unspecified atom stereocenters.